The molecule has 0 bridgehead atoms. The van der Waals surface area contributed by atoms with E-state index in [1.807, 2.05) is 38.1 Å². The van der Waals surface area contributed by atoms with E-state index in [1.54, 1.807) is 0 Å². The molecular formula is C17H22ClN3O2. The third-order valence-electron chi connectivity index (χ3n) is 4.02. The van der Waals surface area contributed by atoms with E-state index in [0.717, 1.165) is 42.1 Å². The summed E-state index contributed by atoms with van der Waals surface area (Å²) < 4.78 is 5.63. The van der Waals surface area contributed by atoms with Crippen LogP contribution >= 0.6 is 12.4 Å². The highest BCUT2D eigenvalue weighted by atomic mass is 35.5. The summed E-state index contributed by atoms with van der Waals surface area (Å²) in [6.45, 7) is 4.82. The Morgan fingerprint density at radius 3 is 2.91 bits per heavy atom. The van der Waals surface area contributed by atoms with Crippen LogP contribution in [-0.2, 0) is 4.79 Å². The van der Waals surface area contributed by atoms with Crippen molar-refractivity contribution in [1.29, 1.82) is 0 Å². The third-order valence-corrected chi connectivity index (χ3v) is 4.02. The lowest BCUT2D eigenvalue weighted by Gasteiger charge is -2.10. The van der Waals surface area contributed by atoms with Crippen molar-refractivity contribution in [2.45, 2.75) is 39.2 Å². The number of hydrogen-bond acceptors (Lipinski definition) is 4. The summed E-state index contributed by atoms with van der Waals surface area (Å²) in [5, 5.41) is 6.29. The summed E-state index contributed by atoms with van der Waals surface area (Å²) in [6, 6.07) is 7.91. The van der Waals surface area contributed by atoms with Gasteiger partial charge in [-0.25, -0.2) is 4.98 Å². The lowest BCUT2D eigenvalue weighted by molar-refractivity contribution is -0.116. The van der Waals surface area contributed by atoms with Crippen LogP contribution in [0.3, 0.4) is 0 Å². The Balaban J connectivity index is 0.00000192. The first-order valence-corrected chi connectivity index (χ1v) is 7.69. The number of benzene rings is 1. The van der Waals surface area contributed by atoms with E-state index in [0.29, 0.717) is 18.4 Å². The van der Waals surface area contributed by atoms with Crippen molar-refractivity contribution in [2.24, 2.45) is 0 Å². The predicted octanol–water partition coefficient (Wildman–Crippen LogP) is 3.46. The van der Waals surface area contributed by atoms with Gasteiger partial charge in [-0.15, -0.1) is 12.4 Å². The van der Waals surface area contributed by atoms with Gasteiger partial charge in [0.15, 0.2) is 0 Å². The van der Waals surface area contributed by atoms with Gasteiger partial charge in [-0.2, -0.15) is 0 Å². The van der Waals surface area contributed by atoms with Crippen LogP contribution in [-0.4, -0.2) is 23.5 Å². The Labute approximate surface area is 142 Å². The fourth-order valence-corrected chi connectivity index (χ4v) is 2.69. The molecule has 1 aliphatic heterocycles. The van der Waals surface area contributed by atoms with Gasteiger partial charge in [0.2, 0.25) is 11.8 Å². The van der Waals surface area contributed by atoms with Crippen LogP contribution in [0.2, 0.25) is 0 Å². The van der Waals surface area contributed by atoms with Gasteiger partial charge in [-0.3, -0.25) is 4.79 Å². The molecule has 6 heteroatoms. The third kappa shape index (κ3) is 4.33. The minimum Gasteiger partial charge on any atom is -0.441 e. The molecule has 2 N–H and O–H groups in total. The maximum Gasteiger partial charge on any atom is 0.226 e. The molecule has 1 fully saturated rings. The summed E-state index contributed by atoms with van der Waals surface area (Å²) in [5.41, 5.74) is 2.53. The first-order valence-electron chi connectivity index (χ1n) is 7.69. The molecule has 0 spiro atoms. The smallest absolute Gasteiger partial charge is 0.226 e. The van der Waals surface area contributed by atoms with Crippen LogP contribution < -0.4 is 10.6 Å². The molecule has 1 aliphatic rings. The van der Waals surface area contributed by atoms with Crippen molar-refractivity contribution >= 4 is 24.0 Å². The van der Waals surface area contributed by atoms with Crippen molar-refractivity contribution in [1.82, 2.24) is 10.3 Å². The van der Waals surface area contributed by atoms with Crippen LogP contribution in [0.4, 0.5) is 5.69 Å². The number of halogens is 1. The number of aryl methyl sites for hydroxylation is 2. The molecule has 124 valence electrons. The lowest BCUT2D eigenvalue weighted by Crippen LogP contribution is -2.27. The highest BCUT2D eigenvalue weighted by Crippen LogP contribution is 2.24. The van der Waals surface area contributed by atoms with Crippen LogP contribution in [0.5, 0.6) is 0 Å². The van der Waals surface area contributed by atoms with Gasteiger partial charge in [0.25, 0.3) is 0 Å². The first-order chi connectivity index (χ1) is 10.6. The second-order valence-corrected chi connectivity index (χ2v) is 5.79. The number of nitrogens with zero attached hydrogens (tertiary/aromatic N) is 1. The Hall–Kier alpha value is -1.85. The summed E-state index contributed by atoms with van der Waals surface area (Å²) in [4.78, 5) is 16.5. The molecule has 0 saturated carbocycles. The molecular weight excluding hydrogens is 314 g/mol. The predicted molar refractivity (Wildman–Crippen MR) is 92.9 cm³/mol. The number of aromatic nitrogens is 1. The number of rotatable bonds is 4. The van der Waals surface area contributed by atoms with Gasteiger partial charge in [-0.1, -0.05) is 6.07 Å². The quantitative estimate of drug-likeness (QED) is 0.898. The summed E-state index contributed by atoms with van der Waals surface area (Å²) in [6.07, 6.45) is 2.74. The number of hydrogen-bond donors (Lipinski definition) is 2. The van der Waals surface area contributed by atoms with E-state index in [1.165, 1.54) is 0 Å². The van der Waals surface area contributed by atoms with E-state index >= 15 is 0 Å². The van der Waals surface area contributed by atoms with Crippen molar-refractivity contribution in [3.05, 3.63) is 35.7 Å². The van der Waals surface area contributed by atoms with Crippen molar-refractivity contribution < 1.29 is 9.21 Å². The molecule has 5 nitrogen and oxygen atoms in total. The molecule has 0 radical (unpaired) electrons. The normalized spacial score (nSPS) is 16.9. The topological polar surface area (TPSA) is 67.2 Å². The lowest BCUT2D eigenvalue weighted by atomic mass is 10.1. The van der Waals surface area contributed by atoms with Crippen molar-refractivity contribution in [2.75, 3.05) is 11.9 Å². The van der Waals surface area contributed by atoms with Crippen LogP contribution in [0, 0.1) is 13.8 Å². The largest absolute Gasteiger partial charge is 0.441 e. The summed E-state index contributed by atoms with van der Waals surface area (Å²) in [7, 11) is 0. The second kappa shape index (κ2) is 7.62. The average Bonchev–Trinajstić information content (AvgIpc) is 3.10. The average molecular weight is 336 g/mol. The molecule has 23 heavy (non-hydrogen) atoms. The number of amides is 1. The summed E-state index contributed by atoms with van der Waals surface area (Å²) in [5.74, 6) is 1.44. The Morgan fingerprint density at radius 2 is 2.26 bits per heavy atom. The molecule has 2 heterocycles. The molecule has 1 atom stereocenters. The molecule has 1 aromatic carbocycles. The second-order valence-electron chi connectivity index (χ2n) is 5.79. The fraction of sp³-hybridized carbons (Fsp3) is 0.412. The number of carbonyl (C=O) groups is 1. The number of carbonyl (C=O) groups excluding carboxylic acids is 1. The standard InChI is InChI=1S/C17H21N3O2.ClH/c1-11-12(2)22-17(19-11)13-5-3-6-15(9-13)20-16(21)10-14-7-4-8-18-14;/h3,5-6,9,14,18H,4,7-8,10H2,1-2H3,(H,20,21);1H. The van der Waals surface area contributed by atoms with Crippen LogP contribution in [0.1, 0.15) is 30.7 Å². The molecule has 1 saturated heterocycles. The molecule has 3 rings (SSSR count). The maximum atomic E-state index is 12.1. The highest BCUT2D eigenvalue weighted by Gasteiger charge is 2.17. The van der Waals surface area contributed by atoms with E-state index in [-0.39, 0.29) is 18.3 Å². The Morgan fingerprint density at radius 1 is 1.43 bits per heavy atom. The zero-order valence-electron chi connectivity index (χ0n) is 13.4. The van der Waals surface area contributed by atoms with Gasteiger partial charge in [0.1, 0.15) is 5.76 Å². The van der Waals surface area contributed by atoms with E-state index < -0.39 is 0 Å². The summed E-state index contributed by atoms with van der Waals surface area (Å²) >= 11 is 0. The molecule has 0 aliphatic carbocycles. The van der Waals surface area contributed by atoms with E-state index in [9.17, 15) is 4.79 Å². The molecule has 1 unspecified atom stereocenters. The fourth-order valence-electron chi connectivity index (χ4n) is 2.69. The van der Waals surface area contributed by atoms with Crippen molar-refractivity contribution in [3.8, 4) is 11.5 Å². The van der Waals surface area contributed by atoms with E-state index in [2.05, 4.69) is 15.6 Å². The Kier molecular flexibility index (Phi) is 5.80. The Bertz CT molecular complexity index is 659. The zero-order valence-corrected chi connectivity index (χ0v) is 14.2. The number of anilines is 1. The minimum absolute atomic E-state index is 0. The van der Waals surface area contributed by atoms with Gasteiger partial charge < -0.3 is 15.1 Å². The monoisotopic (exact) mass is 335 g/mol. The van der Waals surface area contributed by atoms with Gasteiger partial charge in [-0.05, 0) is 51.4 Å². The first kappa shape index (κ1) is 17.5. The maximum absolute atomic E-state index is 12.1. The minimum atomic E-state index is 0. The van der Waals surface area contributed by atoms with Crippen LogP contribution in [0.15, 0.2) is 28.7 Å². The van der Waals surface area contributed by atoms with Gasteiger partial charge >= 0.3 is 0 Å². The van der Waals surface area contributed by atoms with Gasteiger partial charge in [0.05, 0.1) is 5.69 Å². The van der Waals surface area contributed by atoms with Crippen LogP contribution in [0.25, 0.3) is 11.5 Å². The molecule has 1 aromatic heterocycles. The number of nitrogens with one attached hydrogen (secondary N) is 2. The SMILES string of the molecule is Cc1nc(-c2cccc(NC(=O)CC3CCCN3)c2)oc1C.Cl. The van der Waals surface area contributed by atoms with Gasteiger partial charge in [0, 0.05) is 23.7 Å². The molecule has 1 amide bonds. The van der Waals surface area contributed by atoms with Crippen molar-refractivity contribution in [3.63, 3.8) is 0 Å². The highest BCUT2D eigenvalue weighted by molar-refractivity contribution is 5.91. The number of oxazole rings is 1. The molecule has 2 aromatic rings. The van der Waals surface area contributed by atoms with E-state index in [4.69, 9.17) is 4.42 Å². The zero-order chi connectivity index (χ0) is 15.5.